The van der Waals surface area contributed by atoms with Crippen molar-refractivity contribution in [2.24, 2.45) is 11.8 Å². The van der Waals surface area contributed by atoms with Crippen LogP contribution in [-0.2, 0) is 4.74 Å². The van der Waals surface area contributed by atoms with Crippen LogP contribution in [-0.4, -0.2) is 29.3 Å². The van der Waals surface area contributed by atoms with Gasteiger partial charge in [-0.05, 0) is 31.8 Å². The molecule has 2 nitrogen and oxygen atoms in total. The second-order valence-corrected chi connectivity index (χ2v) is 4.95. The normalized spacial score (nSPS) is 47.4. The van der Waals surface area contributed by atoms with Crippen molar-refractivity contribution < 1.29 is 9.84 Å². The van der Waals surface area contributed by atoms with Crippen molar-refractivity contribution >= 4 is 11.6 Å². The van der Waals surface area contributed by atoms with Crippen LogP contribution in [0.5, 0.6) is 0 Å². The van der Waals surface area contributed by atoms with Crippen molar-refractivity contribution in [1.82, 2.24) is 0 Å². The largest absolute Gasteiger partial charge is 0.392 e. The zero-order valence-corrected chi connectivity index (χ0v) is 9.37. The number of aliphatic hydroxyl groups excluding tert-OH is 1. The highest BCUT2D eigenvalue weighted by Gasteiger charge is 2.44. The monoisotopic (exact) mass is 216 g/mol. The molecule has 5 atom stereocenters. The van der Waals surface area contributed by atoms with Gasteiger partial charge in [0.25, 0.3) is 0 Å². The van der Waals surface area contributed by atoms with E-state index in [1.54, 1.807) is 0 Å². The van der Waals surface area contributed by atoms with Crippen LogP contribution in [0.1, 0.15) is 20.3 Å². The van der Waals surface area contributed by atoms with Crippen LogP contribution >= 0.6 is 11.6 Å². The minimum atomic E-state index is 0.0646. The van der Waals surface area contributed by atoms with Gasteiger partial charge in [0.05, 0.1) is 24.2 Å². The molecule has 0 spiro atoms. The molecule has 14 heavy (non-hydrogen) atoms. The van der Waals surface area contributed by atoms with Crippen LogP contribution in [0.3, 0.4) is 0 Å². The van der Waals surface area contributed by atoms with Gasteiger partial charge >= 0.3 is 0 Å². The molecular formula is C11H17ClO2. The molecule has 0 saturated carbocycles. The van der Waals surface area contributed by atoms with Gasteiger partial charge in [0.15, 0.2) is 0 Å². The number of halogens is 1. The van der Waals surface area contributed by atoms with Gasteiger partial charge < -0.3 is 9.84 Å². The fourth-order valence-electron chi connectivity index (χ4n) is 2.91. The van der Waals surface area contributed by atoms with E-state index in [4.69, 9.17) is 16.3 Å². The molecule has 1 aliphatic carbocycles. The molecular weight excluding hydrogens is 200 g/mol. The van der Waals surface area contributed by atoms with Crippen LogP contribution in [0.15, 0.2) is 11.6 Å². The average Bonchev–Trinajstić information content (AvgIpc) is 2.41. The lowest BCUT2D eigenvalue weighted by atomic mass is 9.75. The highest BCUT2D eigenvalue weighted by Crippen LogP contribution is 2.43. The first kappa shape index (κ1) is 10.5. The molecule has 0 aromatic heterocycles. The van der Waals surface area contributed by atoms with Crippen molar-refractivity contribution in [2.75, 3.05) is 6.61 Å². The molecule has 80 valence electrons. The maximum absolute atomic E-state index is 9.28. The number of aliphatic hydroxyl groups is 1. The second-order valence-electron chi connectivity index (χ2n) is 4.39. The molecule has 1 saturated heterocycles. The van der Waals surface area contributed by atoms with E-state index in [9.17, 15) is 5.11 Å². The quantitative estimate of drug-likeness (QED) is 0.537. The van der Waals surface area contributed by atoms with Gasteiger partial charge in [-0.25, -0.2) is 0 Å². The van der Waals surface area contributed by atoms with Gasteiger partial charge in [0, 0.05) is 5.92 Å². The summed E-state index contributed by atoms with van der Waals surface area (Å²) >= 11 is 6.13. The Bertz CT molecular complexity index is 252. The summed E-state index contributed by atoms with van der Waals surface area (Å²) in [5.41, 5.74) is 1.07. The zero-order chi connectivity index (χ0) is 10.3. The van der Waals surface area contributed by atoms with Crippen LogP contribution in [0.25, 0.3) is 0 Å². The number of alkyl halides is 1. The SMILES string of the molecule is C[C@@H]1O[C@H](C)[C@@H]2C(CO)=C[C@@H](Cl)C[C@@H]21. The highest BCUT2D eigenvalue weighted by molar-refractivity contribution is 6.21. The smallest absolute Gasteiger partial charge is 0.0646 e. The van der Waals surface area contributed by atoms with Crippen LogP contribution in [0.4, 0.5) is 0 Å². The molecule has 1 heterocycles. The van der Waals surface area contributed by atoms with Gasteiger partial charge in [0.2, 0.25) is 0 Å². The van der Waals surface area contributed by atoms with Gasteiger partial charge in [-0.1, -0.05) is 6.08 Å². The summed E-state index contributed by atoms with van der Waals surface area (Å²) in [7, 11) is 0. The maximum Gasteiger partial charge on any atom is 0.0646 e. The molecule has 2 aliphatic rings. The van der Waals surface area contributed by atoms with E-state index in [2.05, 4.69) is 13.8 Å². The Kier molecular flexibility index (Phi) is 2.87. The number of rotatable bonds is 1. The Morgan fingerprint density at radius 3 is 2.86 bits per heavy atom. The summed E-state index contributed by atoms with van der Waals surface area (Å²) < 4.78 is 5.78. The molecule has 0 bridgehead atoms. The fourth-order valence-corrected chi connectivity index (χ4v) is 3.28. The van der Waals surface area contributed by atoms with Crippen molar-refractivity contribution in [3.05, 3.63) is 11.6 Å². The zero-order valence-electron chi connectivity index (χ0n) is 8.61. The third-order valence-corrected chi connectivity index (χ3v) is 3.81. The van der Waals surface area contributed by atoms with E-state index in [0.717, 1.165) is 12.0 Å². The summed E-state index contributed by atoms with van der Waals surface area (Å²) in [4.78, 5) is 0. The summed E-state index contributed by atoms with van der Waals surface area (Å²) in [6.45, 7) is 4.30. The van der Waals surface area contributed by atoms with Crippen molar-refractivity contribution in [2.45, 2.75) is 37.9 Å². The Labute approximate surface area is 89.9 Å². The summed E-state index contributed by atoms with van der Waals surface area (Å²) in [6, 6.07) is 0. The van der Waals surface area contributed by atoms with E-state index >= 15 is 0 Å². The number of allylic oxidation sites excluding steroid dienone is 1. The first-order valence-electron chi connectivity index (χ1n) is 5.24. The van der Waals surface area contributed by atoms with Gasteiger partial charge in [-0.15, -0.1) is 11.6 Å². The molecule has 1 N–H and O–H groups in total. The molecule has 1 aliphatic heterocycles. The predicted molar refractivity (Wildman–Crippen MR) is 56.4 cm³/mol. The Morgan fingerprint density at radius 1 is 1.50 bits per heavy atom. The first-order valence-corrected chi connectivity index (χ1v) is 5.68. The van der Waals surface area contributed by atoms with Crippen molar-refractivity contribution in [3.8, 4) is 0 Å². The number of ether oxygens (including phenoxy) is 1. The van der Waals surface area contributed by atoms with Crippen LogP contribution in [0.2, 0.25) is 0 Å². The van der Waals surface area contributed by atoms with Gasteiger partial charge in [0.1, 0.15) is 0 Å². The fraction of sp³-hybridized carbons (Fsp3) is 0.818. The topological polar surface area (TPSA) is 29.5 Å². The third-order valence-electron chi connectivity index (χ3n) is 3.50. The Morgan fingerprint density at radius 2 is 2.21 bits per heavy atom. The molecule has 0 aromatic rings. The van der Waals surface area contributed by atoms with Crippen LogP contribution in [0, 0.1) is 11.8 Å². The minimum Gasteiger partial charge on any atom is -0.392 e. The standard InChI is InChI=1S/C11H17ClO2/c1-6-10-4-9(12)3-8(5-13)11(10)7(2)14-6/h3,6-7,9-11,13H,4-5H2,1-2H3/t6-,7+,9+,10+,11+/m0/s1. The lowest BCUT2D eigenvalue weighted by molar-refractivity contribution is 0.0516. The van der Waals surface area contributed by atoms with E-state index in [1.165, 1.54) is 0 Å². The van der Waals surface area contributed by atoms with Crippen LogP contribution < -0.4 is 0 Å². The molecule has 0 radical (unpaired) electrons. The molecule has 0 amide bonds. The maximum atomic E-state index is 9.28. The predicted octanol–water partition coefficient (Wildman–Crippen LogP) is 1.96. The van der Waals surface area contributed by atoms with Crippen molar-refractivity contribution in [1.29, 1.82) is 0 Å². The van der Waals surface area contributed by atoms with Gasteiger partial charge in [-0.2, -0.15) is 0 Å². The number of fused-ring (bicyclic) bond motifs is 1. The minimum absolute atomic E-state index is 0.0646. The summed E-state index contributed by atoms with van der Waals surface area (Å²) in [6.07, 6.45) is 3.46. The number of hydrogen-bond acceptors (Lipinski definition) is 2. The van der Waals surface area contributed by atoms with E-state index in [1.807, 2.05) is 6.08 Å². The Hall–Kier alpha value is -0.0500. The third kappa shape index (κ3) is 1.60. The second kappa shape index (κ2) is 3.84. The van der Waals surface area contributed by atoms with E-state index in [0.29, 0.717) is 11.8 Å². The average molecular weight is 217 g/mol. The molecule has 2 rings (SSSR count). The Balaban J connectivity index is 2.26. The van der Waals surface area contributed by atoms with Crippen molar-refractivity contribution in [3.63, 3.8) is 0 Å². The summed E-state index contributed by atoms with van der Waals surface area (Å²) in [5.74, 6) is 0.865. The first-order chi connectivity index (χ1) is 6.63. The highest BCUT2D eigenvalue weighted by atomic mass is 35.5. The molecule has 0 aromatic carbocycles. The number of hydrogen-bond donors (Lipinski definition) is 1. The molecule has 3 heteroatoms. The summed E-state index contributed by atoms with van der Waals surface area (Å²) in [5, 5.41) is 9.34. The lowest BCUT2D eigenvalue weighted by Gasteiger charge is -2.30. The van der Waals surface area contributed by atoms with Gasteiger partial charge in [-0.3, -0.25) is 0 Å². The van der Waals surface area contributed by atoms with E-state index < -0.39 is 0 Å². The molecule has 0 unspecified atom stereocenters. The lowest BCUT2D eigenvalue weighted by Crippen LogP contribution is -2.30. The van der Waals surface area contributed by atoms with E-state index in [-0.39, 0.29) is 24.2 Å². The molecule has 1 fully saturated rings.